The maximum Gasteiger partial charge on any atom is 0.322 e. The van der Waals surface area contributed by atoms with E-state index in [4.69, 9.17) is 5.11 Å². The summed E-state index contributed by atoms with van der Waals surface area (Å²) in [6.45, 7) is 0.246. The summed E-state index contributed by atoms with van der Waals surface area (Å²) in [5.74, 6) is -1.09. The number of carboxylic acids is 1. The Morgan fingerprint density at radius 1 is 1.50 bits per heavy atom. The van der Waals surface area contributed by atoms with E-state index in [0.717, 1.165) is 10.7 Å². The van der Waals surface area contributed by atoms with Gasteiger partial charge >= 0.3 is 16.2 Å². The molecule has 1 aromatic heterocycles. The van der Waals surface area contributed by atoms with E-state index in [0.29, 0.717) is 18.5 Å². The Balaban J connectivity index is 2.19. The first-order chi connectivity index (χ1) is 8.50. The molecule has 0 radical (unpaired) electrons. The Morgan fingerprint density at radius 2 is 2.28 bits per heavy atom. The third-order valence-electron chi connectivity index (χ3n) is 2.82. The van der Waals surface area contributed by atoms with Gasteiger partial charge in [0, 0.05) is 11.9 Å². The molecule has 8 heteroatoms. The minimum atomic E-state index is -3.79. The smallest absolute Gasteiger partial charge is 0.322 e. The van der Waals surface area contributed by atoms with Crippen molar-refractivity contribution in [3.8, 4) is 0 Å². The second-order valence-electron chi connectivity index (χ2n) is 4.08. The lowest BCUT2D eigenvalue weighted by Crippen LogP contribution is -2.49. The van der Waals surface area contributed by atoms with Gasteiger partial charge in [-0.25, -0.2) is 0 Å². The molecule has 1 aliphatic rings. The molecule has 2 rings (SSSR count). The van der Waals surface area contributed by atoms with Crippen molar-refractivity contribution in [1.29, 1.82) is 0 Å². The van der Waals surface area contributed by atoms with Crippen LogP contribution in [0.4, 0.5) is 5.69 Å². The van der Waals surface area contributed by atoms with E-state index in [1.807, 2.05) is 0 Å². The van der Waals surface area contributed by atoms with Gasteiger partial charge in [-0.2, -0.15) is 24.1 Å². The number of piperidine rings is 1. The van der Waals surface area contributed by atoms with Crippen molar-refractivity contribution in [2.75, 3.05) is 11.3 Å². The molecule has 2 heterocycles. The average molecular weight is 290 g/mol. The fraction of sp³-hybridized carbons (Fsp3) is 0.500. The lowest BCUT2D eigenvalue weighted by Gasteiger charge is -2.31. The van der Waals surface area contributed by atoms with Crippen molar-refractivity contribution in [3.63, 3.8) is 0 Å². The zero-order chi connectivity index (χ0) is 13.2. The van der Waals surface area contributed by atoms with Crippen LogP contribution in [0.2, 0.25) is 0 Å². The van der Waals surface area contributed by atoms with Crippen molar-refractivity contribution in [3.05, 3.63) is 16.8 Å². The van der Waals surface area contributed by atoms with Gasteiger partial charge in [-0.15, -0.1) is 0 Å². The van der Waals surface area contributed by atoms with Gasteiger partial charge in [-0.3, -0.25) is 9.52 Å². The van der Waals surface area contributed by atoms with E-state index in [1.165, 1.54) is 11.3 Å². The molecule has 2 N–H and O–H groups in total. The molecule has 0 aliphatic carbocycles. The number of nitrogens with one attached hydrogen (secondary N) is 1. The Morgan fingerprint density at radius 3 is 2.89 bits per heavy atom. The summed E-state index contributed by atoms with van der Waals surface area (Å²) in [5, 5.41) is 12.5. The number of carboxylic acid groups (broad SMARTS) is 1. The first-order valence-electron chi connectivity index (χ1n) is 5.55. The minimum absolute atomic E-state index is 0.246. The Hall–Kier alpha value is -1.12. The van der Waals surface area contributed by atoms with Crippen LogP contribution >= 0.6 is 11.3 Å². The minimum Gasteiger partial charge on any atom is -0.480 e. The third-order valence-corrected chi connectivity index (χ3v) is 5.05. The number of rotatable bonds is 4. The maximum atomic E-state index is 12.1. The highest BCUT2D eigenvalue weighted by atomic mass is 32.2. The zero-order valence-corrected chi connectivity index (χ0v) is 11.2. The Kier molecular flexibility index (Phi) is 3.88. The molecule has 1 aliphatic heterocycles. The first-order valence-corrected chi connectivity index (χ1v) is 7.93. The predicted octanol–water partition coefficient (Wildman–Crippen LogP) is 1.34. The van der Waals surface area contributed by atoms with Gasteiger partial charge in [0.2, 0.25) is 0 Å². The van der Waals surface area contributed by atoms with Gasteiger partial charge in [0.1, 0.15) is 6.04 Å². The van der Waals surface area contributed by atoms with Crippen molar-refractivity contribution in [2.24, 2.45) is 0 Å². The van der Waals surface area contributed by atoms with Crippen LogP contribution in [0.1, 0.15) is 19.3 Å². The summed E-state index contributed by atoms with van der Waals surface area (Å²) in [6.07, 6.45) is 1.79. The van der Waals surface area contributed by atoms with Gasteiger partial charge in [0.15, 0.2) is 0 Å². The summed E-state index contributed by atoms with van der Waals surface area (Å²) >= 11 is 1.37. The largest absolute Gasteiger partial charge is 0.480 e. The predicted molar refractivity (Wildman–Crippen MR) is 68.8 cm³/mol. The second kappa shape index (κ2) is 5.25. The van der Waals surface area contributed by atoms with Crippen molar-refractivity contribution < 1.29 is 18.3 Å². The van der Waals surface area contributed by atoms with Crippen LogP contribution in [0.5, 0.6) is 0 Å². The summed E-state index contributed by atoms with van der Waals surface area (Å²) in [6, 6.07) is 0.678. The fourth-order valence-electron chi connectivity index (χ4n) is 1.97. The van der Waals surface area contributed by atoms with E-state index in [9.17, 15) is 13.2 Å². The maximum absolute atomic E-state index is 12.1. The second-order valence-corrected chi connectivity index (χ2v) is 6.48. The zero-order valence-electron chi connectivity index (χ0n) is 9.57. The van der Waals surface area contributed by atoms with Crippen LogP contribution < -0.4 is 4.72 Å². The average Bonchev–Trinajstić information content (AvgIpc) is 2.81. The normalized spacial score (nSPS) is 21.7. The molecule has 1 atom stereocenters. The molecule has 0 bridgehead atoms. The quantitative estimate of drug-likeness (QED) is 0.876. The van der Waals surface area contributed by atoms with Crippen molar-refractivity contribution >= 4 is 33.2 Å². The Labute approximate surface area is 109 Å². The number of thiophene rings is 1. The molecule has 0 spiro atoms. The molecule has 1 unspecified atom stereocenters. The van der Waals surface area contributed by atoms with E-state index in [1.54, 1.807) is 16.8 Å². The topological polar surface area (TPSA) is 86.7 Å². The SMILES string of the molecule is O=C(O)C1CCCCN1S(=O)(=O)Nc1ccsc1. The number of hydrogen-bond donors (Lipinski definition) is 2. The molecular formula is C10H14N2O4S2. The molecule has 1 saturated heterocycles. The van der Waals surface area contributed by atoms with E-state index in [2.05, 4.69) is 4.72 Å². The number of carbonyl (C=O) groups is 1. The molecule has 0 saturated carbocycles. The third kappa shape index (κ3) is 2.82. The molecule has 0 amide bonds. The van der Waals surface area contributed by atoms with Gasteiger partial charge in [0.25, 0.3) is 0 Å². The number of hydrogen-bond acceptors (Lipinski definition) is 4. The van der Waals surface area contributed by atoms with Gasteiger partial charge in [-0.05, 0) is 30.7 Å². The summed E-state index contributed by atoms with van der Waals surface area (Å²) in [4.78, 5) is 11.1. The molecule has 100 valence electrons. The summed E-state index contributed by atoms with van der Waals surface area (Å²) < 4.78 is 27.7. The van der Waals surface area contributed by atoms with E-state index < -0.39 is 22.2 Å². The van der Waals surface area contributed by atoms with Gasteiger partial charge in [-0.1, -0.05) is 0 Å². The van der Waals surface area contributed by atoms with E-state index >= 15 is 0 Å². The van der Waals surface area contributed by atoms with Crippen molar-refractivity contribution in [2.45, 2.75) is 25.3 Å². The van der Waals surface area contributed by atoms with Crippen LogP contribution in [0, 0.1) is 0 Å². The number of anilines is 1. The van der Waals surface area contributed by atoms with Crippen LogP contribution in [0.25, 0.3) is 0 Å². The molecular weight excluding hydrogens is 276 g/mol. The van der Waals surface area contributed by atoms with Crippen LogP contribution in [0.15, 0.2) is 16.8 Å². The monoisotopic (exact) mass is 290 g/mol. The van der Waals surface area contributed by atoms with Gasteiger partial charge in [0.05, 0.1) is 5.69 Å². The summed E-state index contributed by atoms with van der Waals surface area (Å²) in [7, 11) is -3.79. The Bertz CT molecular complexity index is 512. The van der Waals surface area contributed by atoms with E-state index in [-0.39, 0.29) is 6.54 Å². The molecule has 0 aromatic carbocycles. The number of aliphatic carboxylic acids is 1. The van der Waals surface area contributed by atoms with Crippen LogP contribution in [0.3, 0.4) is 0 Å². The van der Waals surface area contributed by atoms with Crippen LogP contribution in [-0.2, 0) is 15.0 Å². The number of nitrogens with zero attached hydrogens (tertiary/aromatic N) is 1. The fourth-order valence-corrected chi connectivity index (χ4v) is 4.07. The molecule has 1 aromatic rings. The highest BCUT2D eigenvalue weighted by Gasteiger charge is 2.36. The molecule has 6 nitrogen and oxygen atoms in total. The lowest BCUT2D eigenvalue weighted by molar-refractivity contribution is -0.142. The molecule has 18 heavy (non-hydrogen) atoms. The highest BCUT2D eigenvalue weighted by Crippen LogP contribution is 2.23. The molecule has 1 fully saturated rings. The summed E-state index contributed by atoms with van der Waals surface area (Å²) in [5.41, 5.74) is 0.467. The standard InChI is InChI=1S/C10H14N2O4S2/c13-10(14)9-3-1-2-5-12(9)18(15,16)11-8-4-6-17-7-8/h4,6-7,9,11H,1-3,5H2,(H,13,14). The highest BCUT2D eigenvalue weighted by molar-refractivity contribution is 7.90. The lowest BCUT2D eigenvalue weighted by atomic mass is 10.1. The van der Waals surface area contributed by atoms with Crippen molar-refractivity contribution in [1.82, 2.24) is 4.31 Å². The first kappa shape index (κ1) is 13.3. The van der Waals surface area contributed by atoms with Gasteiger partial charge < -0.3 is 5.11 Å². The van der Waals surface area contributed by atoms with Crippen LogP contribution in [-0.4, -0.2) is 36.4 Å².